The van der Waals surface area contributed by atoms with Gasteiger partial charge in [0.25, 0.3) is 0 Å². The quantitative estimate of drug-likeness (QED) is 0.838. The Labute approximate surface area is 106 Å². The van der Waals surface area contributed by atoms with E-state index < -0.39 is 0 Å². The number of aryl methyl sites for hydroxylation is 1. The summed E-state index contributed by atoms with van der Waals surface area (Å²) >= 11 is 0. The summed E-state index contributed by atoms with van der Waals surface area (Å²) in [6, 6.07) is 9.25. The Bertz CT molecular complexity index is 576. The summed E-state index contributed by atoms with van der Waals surface area (Å²) in [4.78, 5) is 19.5. The van der Waals surface area contributed by atoms with Crippen LogP contribution in [0.2, 0.25) is 0 Å². The Morgan fingerprint density at radius 3 is 2.44 bits per heavy atom. The molecule has 4 nitrogen and oxygen atoms in total. The summed E-state index contributed by atoms with van der Waals surface area (Å²) in [6.07, 6.45) is 0.811. The predicted octanol–water partition coefficient (Wildman–Crippen LogP) is 2.49. The molecule has 2 aromatic rings. The van der Waals surface area contributed by atoms with Gasteiger partial charge in [-0.1, -0.05) is 31.2 Å². The molecular weight excluding hydrogens is 226 g/mol. The van der Waals surface area contributed by atoms with E-state index in [0.717, 1.165) is 23.4 Å². The molecule has 0 atom stereocenters. The fourth-order valence-corrected chi connectivity index (χ4v) is 1.72. The second kappa shape index (κ2) is 4.96. The van der Waals surface area contributed by atoms with Crippen molar-refractivity contribution in [1.82, 2.24) is 9.97 Å². The first-order chi connectivity index (χ1) is 8.60. The zero-order chi connectivity index (χ0) is 13.1. The number of Topliss-reactive ketones (excluding diaryl/α,β-unsaturated/α-hetero) is 1. The number of ketones is 1. The van der Waals surface area contributed by atoms with E-state index in [4.69, 9.17) is 5.73 Å². The largest absolute Gasteiger partial charge is 0.368 e. The lowest BCUT2D eigenvalue weighted by Crippen LogP contribution is -2.00. The Balaban J connectivity index is 2.42. The Morgan fingerprint density at radius 1 is 1.22 bits per heavy atom. The van der Waals surface area contributed by atoms with Crippen LogP contribution in [0.3, 0.4) is 0 Å². The fraction of sp³-hybridized carbons (Fsp3) is 0.214. The van der Waals surface area contributed by atoms with Crippen LogP contribution in [0.5, 0.6) is 0 Å². The van der Waals surface area contributed by atoms with E-state index >= 15 is 0 Å². The van der Waals surface area contributed by atoms with Crippen molar-refractivity contribution in [2.24, 2.45) is 0 Å². The lowest BCUT2D eigenvalue weighted by molar-refractivity contribution is 0.101. The molecule has 0 aliphatic rings. The molecule has 0 saturated carbocycles. The maximum atomic E-state index is 11.2. The topological polar surface area (TPSA) is 68.9 Å². The number of carbonyl (C=O) groups is 1. The van der Waals surface area contributed by atoms with Crippen LogP contribution >= 0.6 is 0 Å². The van der Waals surface area contributed by atoms with E-state index in [1.165, 1.54) is 0 Å². The highest BCUT2D eigenvalue weighted by molar-refractivity contribution is 5.94. The van der Waals surface area contributed by atoms with Crippen molar-refractivity contribution in [2.75, 3.05) is 5.73 Å². The molecule has 0 amide bonds. The van der Waals surface area contributed by atoms with Crippen LogP contribution in [0.4, 0.5) is 5.95 Å². The lowest BCUT2D eigenvalue weighted by atomic mass is 10.1. The van der Waals surface area contributed by atoms with Gasteiger partial charge in [0.05, 0.1) is 5.69 Å². The van der Waals surface area contributed by atoms with Gasteiger partial charge in [-0.25, -0.2) is 9.97 Å². The van der Waals surface area contributed by atoms with Gasteiger partial charge >= 0.3 is 0 Å². The number of rotatable bonds is 3. The average Bonchev–Trinajstić information content (AvgIpc) is 2.38. The fourth-order valence-electron chi connectivity index (χ4n) is 1.72. The minimum atomic E-state index is 0.0537. The number of nitrogens with zero attached hydrogens (tertiary/aromatic N) is 2. The van der Waals surface area contributed by atoms with Crippen molar-refractivity contribution in [3.63, 3.8) is 0 Å². The van der Waals surface area contributed by atoms with E-state index in [0.29, 0.717) is 5.56 Å². The van der Waals surface area contributed by atoms with Gasteiger partial charge in [0.1, 0.15) is 0 Å². The Morgan fingerprint density at radius 2 is 1.89 bits per heavy atom. The van der Waals surface area contributed by atoms with Crippen LogP contribution in [-0.2, 0) is 6.42 Å². The summed E-state index contributed by atoms with van der Waals surface area (Å²) in [7, 11) is 0. The zero-order valence-electron chi connectivity index (χ0n) is 10.5. The normalized spacial score (nSPS) is 10.3. The highest BCUT2D eigenvalue weighted by atomic mass is 16.1. The van der Waals surface area contributed by atoms with E-state index in [1.807, 2.05) is 25.1 Å². The third-order valence-corrected chi connectivity index (χ3v) is 2.75. The summed E-state index contributed by atoms with van der Waals surface area (Å²) in [6.45, 7) is 3.57. The third kappa shape index (κ3) is 2.53. The molecule has 0 aliphatic heterocycles. The molecule has 92 valence electrons. The first kappa shape index (κ1) is 12.2. The predicted molar refractivity (Wildman–Crippen MR) is 71.3 cm³/mol. The van der Waals surface area contributed by atoms with Gasteiger partial charge in [-0.15, -0.1) is 0 Å². The van der Waals surface area contributed by atoms with Gasteiger partial charge in [-0.2, -0.15) is 0 Å². The molecule has 1 aromatic carbocycles. The SMILES string of the molecule is CCc1cc(-c2ccc(C(C)=O)cc2)nc(N)n1. The minimum Gasteiger partial charge on any atom is -0.368 e. The third-order valence-electron chi connectivity index (χ3n) is 2.75. The average molecular weight is 241 g/mol. The van der Waals surface area contributed by atoms with E-state index in [1.54, 1.807) is 19.1 Å². The summed E-state index contributed by atoms with van der Waals surface area (Å²) in [5.41, 5.74) is 9.00. The maximum absolute atomic E-state index is 11.2. The molecule has 1 aromatic heterocycles. The molecule has 4 heteroatoms. The first-order valence-electron chi connectivity index (χ1n) is 5.85. The van der Waals surface area contributed by atoms with Gasteiger partial charge in [-0.3, -0.25) is 4.79 Å². The monoisotopic (exact) mass is 241 g/mol. The molecule has 0 aliphatic carbocycles. The van der Waals surface area contributed by atoms with Crippen LogP contribution < -0.4 is 5.73 Å². The van der Waals surface area contributed by atoms with Crippen LogP contribution in [0, 0.1) is 0 Å². The number of carbonyl (C=O) groups excluding carboxylic acids is 1. The Hall–Kier alpha value is -2.23. The molecule has 18 heavy (non-hydrogen) atoms. The van der Waals surface area contributed by atoms with Crippen molar-refractivity contribution in [1.29, 1.82) is 0 Å². The molecular formula is C14H15N3O. The van der Waals surface area contributed by atoms with Crippen LogP contribution in [-0.4, -0.2) is 15.8 Å². The molecule has 0 radical (unpaired) electrons. The summed E-state index contributed by atoms with van der Waals surface area (Å²) in [5, 5.41) is 0. The molecule has 0 unspecified atom stereocenters. The van der Waals surface area contributed by atoms with Crippen LogP contribution in [0.15, 0.2) is 30.3 Å². The zero-order valence-corrected chi connectivity index (χ0v) is 10.5. The van der Waals surface area contributed by atoms with Crippen molar-refractivity contribution >= 4 is 11.7 Å². The van der Waals surface area contributed by atoms with Gasteiger partial charge in [0.2, 0.25) is 5.95 Å². The number of aromatic nitrogens is 2. The number of benzene rings is 1. The van der Waals surface area contributed by atoms with Crippen molar-refractivity contribution in [2.45, 2.75) is 20.3 Å². The second-order valence-electron chi connectivity index (χ2n) is 4.09. The molecule has 2 N–H and O–H groups in total. The lowest BCUT2D eigenvalue weighted by Gasteiger charge is -2.05. The van der Waals surface area contributed by atoms with Gasteiger partial charge in [-0.05, 0) is 19.4 Å². The molecule has 0 fully saturated rings. The highest BCUT2D eigenvalue weighted by Crippen LogP contribution is 2.19. The van der Waals surface area contributed by atoms with Gasteiger partial charge in [0, 0.05) is 16.8 Å². The van der Waals surface area contributed by atoms with Crippen LogP contribution in [0.25, 0.3) is 11.3 Å². The molecule has 0 bridgehead atoms. The second-order valence-corrected chi connectivity index (χ2v) is 4.09. The molecule has 1 heterocycles. The Kier molecular flexibility index (Phi) is 3.37. The molecule has 0 saturated heterocycles. The van der Waals surface area contributed by atoms with Crippen LogP contribution in [0.1, 0.15) is 29.9 Å². The number of nitrogen functional groups attached to an aromatic ring is 1. The smallest absolute Gasteiger partial charge is 0.220 e. The molecule has 0 spiro atoms. The standard InChI is InChI=1S/C14H15N3O/c1-3-12-8-13(17-14(15)16-12)11-6-4-10(5-7-11)9(2)18/h4-8H,3H2,1-2H3,(H2,15,16,17). The minimum absolute atomic E-state index is 0.0537. The van der Waals surface area contributed by atoms with E-state index in [-0.39, 0.29) is 11.7 Å². The number of hydrogen-bond donors (Lipinski definition) is 1. The number of anilines is 1. The van der Waals surface area contributed by atoms with E-state index in [2.05, 4.69) is 9.97 Å². The van der Waals surface area contributed by atoms with Gasteiger partial charge in [0.15, 0.2) is 5.78 Å². The van der Waals surface area contributed by atoms with Gasteiger partial charge < -0.3 is 5.73 Å². The summed E-state index contributed by atoms with van der Waals surface area (Å²) < 4.78 is 0. The first-order valence-corrected chi connectivity index (χ1v) is 5.85. The van der Waals surface area contributed by atoms with Crippen molar-refractivity contribution < 1.29 is 4.79 Å². The summed E-state index contributed by atoms with van der Waals surface area (Å²) in [5.74, 6) is 0.331. The maximum Gasteiger partial charge on any atom is 0.220 e. The number of hydrogen-bond acceptors (Lipinski definition) is 4. The highest BCUT2D eigenvalue weighted by Gasteiger charge is 2.05. The van der Waals surface area contributed by atoms with Crippen molar-refractivity contribution in [3.8, 4) is 11.3 Å². The van der Waals surface area contributed by atoms with Crippen molar-refractivity contribution in [3.05, 3.63) is 41.6 Å². The number of nitrogens with two attached hydrogens (primary N) is 1. The molecule has 2 rings (SSSR count). The van der Waals surface area contributed by atoms with E-state index in [9.17, 15) is 4.79 Å².